The normalized spacial score (nSPS) is 24.2. The molecule has 0 radical (unpaired) electrons. The predicted octanol–water partition coefficient (Wildman–Crippen LogP) is 3.04. The van der Waals surface area contributed by atoms with Gasteiger partial charge in [0.05, 0.1) is 0 Å². The summed E-state index contributed by atoms with van der Waals surface area (Å²) in [7, 11) is 1.73. The molecule has 0 bridgehead atoms. The molecule has 1 fully saturated rings. The van der Waals surface area contributed by atoms with Crippen LogP contribution in [0.25, 0.3) is 0 Å². The number of amides is 1. The van der Waals surface area contributed by atoms with Gasteiger partial charge in [0.15, 0.2) is 0 Å². The van der Waals surface area contributed by atoms with Crippen LogP contribution >= 0.6 is 0 Å². The SMILES string of the molecule is COCCC(C)NCC1(C)CCCN(C(=O)OC(C)(C)C)C1. The minimum atomic E-state index is -0.433. The Morgan fingerprint density at radius 2 is 2.09 bits per heavy atom. The van der Waals surface area contributed by atoms with E-state index in [9.17, 15) is 4.79 Å². The van der Waals surface area contributed by atoms with Crippen LogP contribution in [0.3, 0.4) is 0 Å². The zero-order valence-corrected chi connectivity index (χ0v) is 15.2. The lowest BCUT2D eigenvalue weighted by Crippen LogP contribution is -2.51. The molecule has 1 N–H and O–H groups in total. The van der Waals surface area contributed by atoms with Crippen molar-refractivity contribution in [3.05, 3.63) is 0 Å². The number of nitrogens with one attached hydrogen (secondary N) is 1. The molecular formula is C17H34N2O3. The number of nitrogens with zero attached hydrogens (tertiary/aromatic N) is 1. The minimum Gasteiger partial charge on any atom is -0.444 e. The van der Waals surface area contributed by atoms with E-state index in [1.807, 2.05) is 25.7 Å². The summed E-state index contributed by atoms with van der Waals surface area (Å²) < 4.78 is 10.6. The summed E-state index contributed by atoms with van der Waals surface area (Å²) in [4.78, 5) is 14.1. The quantitative estimate of drug-likeness (QED) is 0.819. The molecule has 1 saturated heterocycles. The molecule has 130 valence electrons. The van der Waals surface area contributed by atoms with Gasteiger partial charge in [0, 0.05) is 39.4 Å². The van der Waals surface area contributed by atoms with Crippen LogP contribution in [-0.2, 0) is 9.47 Å². The smallest absolute Gasteiger partial charge is 0.410 e. The first-order valence-electron chi connectivity index (χ1n) is 8.35. The van der Waals surface area contributed by atoms with E-state index in [2.05, 4.69) is 19.2 Å². The second-order valence-electron chi connectivity index (χ2n) is 7.88. The number of piperidine rings is 1. The second kappa shape index (κ2) is 8.16. The molecular weight excluding hydrogens is 280 g/mol. The number of rotatable bonds is 6. The van der Waals surface area contributed by atoms with Gasteiger partial charge in [-0.3, -0.25) is 0 Å². The molecule has 0 aromatic heterocycles. The molecule has 5 nitrogen and oxygen atoms in total. The molecule has 0 saturated carbocycles. The lowest BCUT2D eigenvalue weighted by Gasteiger charge is -2.41. The van der Waals surface area contributed by atoms with Gasteiger partial charge in [0.2, 0.25) is 0 Å². The van der Waals surface area contributed by atoms with E-state index in [0.717, 1.165) is 45.5 Å². The van der Waals surface area contributed by atoms with Crippen LogP contribution in [0, 0.1) is 5.41 Å². The van der Waals surface area contributed by atoms with Crippen LogP contribution < -0.4 is 5.32 Å². The summed E-state index contributed by atoms with van der Waals surface area (Å²) in [5, 5.41) is 3.58. The zero-order chi connectivity index (χ0) is 16.8. The van der Waals surface area contributed by atoms with Crippen molar-refractivity contribution in [2.24, 2.45) is 5.41 Å². The maximum Gasteiger partial charge on any atom is 0.410 e. The third kappa shape index (κ3) is 6.97. The molecule has 1 heterocycles. The number of hydrogen-bond acceptors (Lipinski definition) is 4. The molecule has 1 aliphatic heterocycles. The number of ether oxygens (including phenoxy) is 2. The van der Waals surface area contributed by atoms with E-state index >= 15 is 0 Å². The monoisotopic (exact) mass is 314 g/mol. The summed E-state index contributed by atoms with van der Waals surface area (Å²) in [6, 6.07) is 0.425. The van der Waals surface area contributed by atoms with Crippen molar-refractivity contribution >= 4 is 6.09 Å². The van der Waals surface area contributed by atoms with Crippen molar-refractivity contribution in [2.45, 2.75) is 65.5 Å². The average Bonchev–Trinajstić information content (AvgIpc) is 2.41. The van der Waals surface area contributed by atoms with Crippen molar-refractivity contribution in [1.29, 1.82) is 0 Å². The fraction of sp³-hybridized carbons (Fsp3) is 0.941. The van der Waals surface area contributed by atoms with Gasteiger partial charge in [-0.15, -0.1) is 0 Å². The number of hydrogen-bond donors (Lipinski definition) is 1. The molecule has 1 aliphatic rings. The van der Waals surface area contributed by atoms with Crippen LogP contribution in [0.5, 0.6) is 0 Å². The Morgan fingerprint density at radius 3 is 2.68 bits per heavy atom. The van der Waals surface area contributed by atoms with Gasteiger partial charge in [-0.25, -0.2) is 4.79 Å². The predicted molar refractivity (Wildman–Crippen MR) is 89.1 cm³/mol. The molecule has 5 heteroatoms. The van der Waals surface area contributed by atoms with Gasteiger partial charge in [0.1, 0.15) is 5.60 Å². The highest BCUT2D eigenvalue weighted by Gasteiger charge is 2.34. The molecule has 22 heavy (non-hydrogen) atoms. The summed E-state index contributed by atoms with van der Waals surface area (Å²) in [5.74, 6) is 0. The topological polar surface area (TPSA) is 50.8 Å². The van der Waals surface area contributed by atoms with E-state index in [1.54, 1.807) is 7.11 Å². The van der Waals surface area contributed by atoms with Crippen molar-refractivity contribution in [3.8, 4) is 0 Å². The van der Waals surface area contributed by atoms with Gasteiger partial charge in [-0.05, 0) is 52.4 Å². The van der Waals surface area contributed by atoms with E-state index < -0.39 is 5.60 Å². The van der Waals surface area contributed by atoms with Crippen LogP contribution in [0.4, 0.5) is 4.79 Å². The summed E-state index contributed by atoms with van der Waals surface area (Å²) in [6.07, 6.45) is 2.98. The van der Waals surface area contributed by atoms with E-state index in [0.29, 0.717) is 6.04 Å². The standard InChI is InChI=1S/C17H34N2O3/c1-14(8-11-21-6)18-12-17(5)9-7-10-19(13-17)15(20)22-16(2,3)4/h14,18H,7-13H2,1-6H3. The first-order valence-corrected chi connectivity index (χ1v) is 8.35. The van der Waals surface area contributed by atoms with Gasteiger partial charge in [-0.2, -0.15) is 0 Å². The lowest BCUT2D eigenvalue weighted by molar-refractivity contribution is 0.00644. The lowest BCUT2D eigenvalue weighted by atomic mass is 9.81. The van der Waals surface area contributed by atoms with Crippen LogP contribution in [0.2, 0.25) is 0 Å². The van der Waals surface area contributed by atoms with E-state index in [1.165, 1.54) is 0 Å². The Kier molecular flexibility index (Phi) is 7.13. The maximum atomic E-state index is 12.2. The molecule has 0 aromatic rings. The summed E-state index contributed by atoms with van der Waals surface area (Å²) in [6.45, 7) is 13.4. The Hall–Kier alpha value is -0.810. The second-order valence-corrected chi connectivity index (χ2v) is 7.88. The van der Waals surface area contributed by atoms with Gasteiger partial charge >= 0.3 is 6.09 Å². The van der Waals surface area contributed by atoms with Crippen LogP contribution in [0.1, 0.15) is 53.9 Å². The van der Waals surface area contributed by atoms with Crippen LogP contribution in [0.15, 0.2) is 0 Å². The number of carbonyl (C=O) groups excluding carboxylic acids is 1. The molecule has 1 amide bonds. The van der Waals surface area contributed by atoms with Crippen LogP contribution in [-0.4, -0.2) is 56.0 Å². The summed E-state index contributed by atoms with van der Waals surface area (Å²) in [5.41, 5.74) is -0.325. The molecule has 0 aliphatic carbocycles. The van der Waals surface area contributed by atoms with E-state index in [4.69, 9.17) is 9.47 Å². The zero-order valence-electron chi connectivity index (χ0n) is 15.2. The van der Waals surface area contributed by atoms with Gasteiger partial charge < -0.3 is 19.7 Å². The Labute approximate surface area is 135 Å². The Bertz CT molecular complexity index is 354. The average molecular weight is 314 g/mol. The maximum absolute atomic E-state index is 12.2. The number of carbonyl (C=O) groups is 1. The highest BCUT2D eigenvalue weighted by molar-refractivity contribution is 5.68. The largest absolute Gasteiger partial charge is 0.444 e. The highest BCUT2D eigenvalue weighted by Crippen LogP contribution is 2.29. The van der Waals surface area contributed by atoms with Crippen molar-refractivity contribution in [2.75, 3.05) is 33.4 Å². The van der Waals surface area contributed by atoms with Crippen molar-refractivity contribution < 1.29 is 14.3 Å². The molecule has 1 rings (SSSR count). The van der Waals surface area contributed by atoms with Gasteiger partial charge in [-0.1, -0.05) is 6.92 Å². The van der Waals surface area contributed by atoms with Crippen molar-refractivity contribution in [1.82, 2.24) is 10.2 Å². The van der Waals surface area contributed by atoms with Crippen molar-refractivity contribution in [3.63, 3.8) is 0 Å². The Morgan fingerprint density at radius 1 is 1.41 bits per heavy atom. The molecule has 0 aromatic carbocycles. The molecule has 2 unspecified atom stereocenters. The van der Waals surface area contributed by atoms with Gasteiger partial charge in [0.25, 0.3) is 0 Å². The third-order valence-electron chi connectivity index (χ3n) is 4.06. The fourth-order valence-electron chi connectivity index (χ4n) is 2.76. The van der Waals surface area contributed by atoms with E-state index in [-0.39, 0.29) is 11.5 Å². The fourth-order valence-corrected chi connectivity index (χ4v) is 2.76. The highest BCUT2D eigenvalue weighted by atomic mass is 16.6. The Balaban J connectivity index is 2.48. The number of methoxy groups -OCH3 is 1. The number of likely N-dealkylation sites (tertiary alicyclic amines) is 1. The minimum absolute atomic E-state index is 0.108. The third-order valence-corrected chi connectivity index (χ3v) is 4.06. The molecule has 0 spiro atoms. The first-order chi connectivity index (χ1) is 10.2. The summed E-state index contributed by atoms with van der Waals surface area (Å²) >= 11 is 0. The molecule has 2 atom stereocenters. The first kappa shape index (κ1) is 19.2.